The Bertz CT molecular complexity index is 309. The Morgan fingerprint density at radius 3 is 2.62 bits per heavy atom. The molecule has 1 aromatic carbocycles. The number of halogens is 1. The molecular formula is C14H22BrN. The molecule has 1 rings (SSSR count). The van der Waals surface area contributed by atoms with E-state index in [9.17, 15) is 0 Å². The van der Waals surface area contributed by atoms with Gasteiger partial charge in [0.25, 0.3) is 0 Å². The topological polar surface area (TPSA) is 12.0 Å². The molecule has 2 heteroatoms. The summed E-state index contributed by atoms with van der Waals surface area (Å²) >= 11 is 3.52. The van der Waals surface area contributed by atoms with Crippen LogP contribution in [0.25, 0.3) is 0 Å². The maximum atomic E-state index is 3.62. The van der Waals surface area contributed by atoms with Crippen LogP contribution in [0.3, 0.4) is 0 Å². The summed E-state index contributed by atoms with van der Waals surface area (Å²) in [5, 5.41) is 3.62. The molecule has 0 aromatic heterocycles. The Morgan fingerprint density at radius 1 is 1.31 bits per heavy atom. The van der Waals surface area contributed by atoms with Crippen molar-refractivity contribution >= 4 is 15.9 Å². The molecule has 0 bridgehead atoms. The van der Waals surface area contributed by atoms with Gasteiger partial charge in [0.1, 0.15) is 0 Å². The summed E-state index contributed by atoms with van der Waals surface area (Å²) in [5.74, 6) is 0.771. The smallest absolute Gasteiger partial charge is 0.0318 e. The average Bonchev–Trinajstić information content (AvgIpc) is 2.24. The fourth-order valence-corrected chi connectivity index (χ4v) is 2.18. The molecule has 0 heterocycles. The van der Waals surface area contributed by atoms with Gasteiger partial charge in [-0.05, 0) is 43.0 Å². The minimum atomic E-state index is 0.483. The monoisotopic (exact) mass is 283 g/mol. The predicted molar refractivity (Wildman–Crippen MR) is 74.6 cm³/mol. The minimum absolute atomic E-state index is 0.483. The summed E-state index contributed by atoms with van der Waals surface area (Å²) in [7, 11) is 0. The molecular weight excluding hydrogens is 262 g/mol. The van der Waals surface area contributed by atoms with Crippen molar-refractivity contribution in [1.82, 2.24) is 5.32 Å². The van der Waals surface area contributed by atoms with Gasteiger partial charge in [-0.15, -0.1) is 0 Å². The van der Waals surface area contributed by atoms with Gasteiger partial charge < -0.3 is 5.32 Å². The van der Waals surface area contributed by atoms with E-state index in [4.69, 9.17) is 0 Å². The van der Waals surface area contributed by atoms with Gasteiger partial charge in [0.2, 0.25) is 0 Å². The third-order valence-corrected chi connectivity index (χ3v) is 3.26. The van der Waals surface area contributed by atoms with Crippen LogP contribution < -0.4 is 5.32 Å². The maximum absolute atomic E-state index is 3.62. The van der Waals surface area contributed by atoms with Crippen LogP contribution >= 0.6 is 15.9 Å². The number of rotatable bonds is 6. The lowest BCUT2D eigenvalue weighted by molar-refractivity contribution is 0.470. The van der Waals surface area contributed by atoms with Crippen LogP contribution in [0.1, 0.15) is 45.2 Å². The van der Waals surface area contributed by atoms with Crippen LogP contribution in [0.4, 0.5) is 0 Å². The number of benzene rings is 1. The van der Waals surface area contributed by atoms with Crippen molar-refractivity contribution in [2.75, 3.05) is 6.54 Å². The highest BCUT2D eigenvalue weighted by atomic mass is 79.9. The van der Waals surface area contributed by atoms with Gasteiger partial charge in [-0.3, -0.25) is 0 Å². The van der Waals surface area contributed by atoms with Crippen LogP contribution in [0, 0.1) is 5.92 Å². The predicted octanol–water partition coefficient (Wildman–Crippen LogP) is 4.54. The van der Waals surface area contributed by atoms with E-state index in [1.807, 2.05) is 0 Å². The van der Waals surface area contributed by atoms with E-state index in [0.29, 0.717) is 6.04 Å². The standard InChI is InChI=1S/C14H22BrN/c1-4-14(16-9-8-11(2)3)12-6-5-7-13(15)10-12/h5-7,10-11,14,16H,4,8-9H2,1-3H3. The van der Waals surface area contributed by atoms with Crippen molar-refractivity contribution in [3.8, 4) is 0 Å². The zero-order valence-electron chi connectivity index (χ0n) is 10.5. The Hall–Kier alpha value is -0.340. The molecule has 1 nitrogen and oxygen atoms in total. The number of hydrogen-bond acceptors (Lipinski definition) is 1. The largest absolute Gasteiger partial charge is 0.310 e. The van der Waals surface area contributed by atoms with E-state index in [0.717, 1.165) is 23.4 Å². The van der Waals surface area contributed by atoms with Crippen molar-refractivity contribution in [2.45, 2.75) is 39.7 Å². The molecule has 0 radical (unpaired) electrons. The van der Waals surface area contributed by atoms with Crippen LogP contribution in [0.5, 0.6) is 0 Å². The molecule has 1 unspecified atom stereocenters. The zero-order chi connectivity index (χ0) is 12.0. The van der Waals surface area contributed by atoms with E-state index in [2.05, 4.69) is 66.3 Å². The van der Waals surface area contributed by atoms with Gasteiger partial charge >= 0.3 is 0 Å². The molecule has 1 N–H and O–H groups in total. The van der Waals surface area contributed by atoms with Crippen LogP contribution in [-0.2, 0) is 0 Å². The van der Waals surface area contributed by atoms with E-state index in [-0.39, 0.29) is 0 Å². The summed E-state index contributed by atoms with van der Waals surface area (Å²) in [6.07, 6.45) is 2.37. The van der Waals surface area contributed by atoms with Crippen molar-refractivity contribution in [3.63, 3.8) is 0 Å². The van der Waals surface area contributed by atoms with Crippen LogP contribution in [0.15, 0.2) is 28.7 Å². The Labute approximate surface area is 108 Å². The Balaban J connectivity index is 2.53. The second-order valence-corrected chi connectivity index (χ2v) is 5.57. The number of hydrogen-bond donors (Lipinski definition) is 1. The third kappa shape index (κ3) is 4.67. The first kappa shape index (κ1) is 13.7. The molecule has 1 atom stereocenters. The highest BCUT2D eigenvalue weighted by Crippen LogP contribution is 2.20. The van der Waals surface area contributed by atoms with Crippen molar-refractivity contribution < 1.29 is 0 Å². The molecule has 0 saturated heterocycles. The first-order chi connectivity index (χ1) is 7.63. The van der Waals surface area contributed by atoms with E-state index in [1.165, 1.54) is 12.0 Å². The van der Waals surface area contributed by atoms with Gasteiger partial charge in [-0.2, -0.15) is 0 Å². The Kier molecular flexibility index (Phi) is 6.07. The SMILES string of the molecule is CCC(NCCC(C)C)c1cccc(Br)c1. The van der Waals surface area contributed by atoms with Crippen LogP contribution in [-0.4, -0.2) is 6.54 Å². The summed E-state index contributed by atoms with van der Waals surface area (Å²) < 4.78 is 1.16. The molecule has 0 fully saturated rings. The number of nitrogens with one attached hydrogen (secondary N) is 1. The maximum Gasteiger partial charge on any atom is 0.0318 e. The van der Waals surface area contributed by atoms with Crippen molar-refractivity contribution in [2.24, 2.45) is 5.92 Å². The molecule has 0 spiro atoms. The van der Waals surface area contributed by atoms with Gasteiger partial charge in [-0.25, -0.2) is 0 Å². The van der Waals surface area contributed by atoms with Crippen LogP contribution in [0.2, 0.25) is 0 Å². The molecule has 0 aliphatic rings. The average molecular weight is 284 g/mol. The summed E-state index contributed by atoms with van der Waals surface area (Å²) in [6.45, 7) is 7.86. The molecule has 0 saturated carbocycles. The summed E-state index contributed by atoms with van der Waals surface area (Å²) in [4.78, 5) is 0. The molecule has 16 heavy (non-hydrogen) atoms. The second-order valence-electron chi connectivity index (χ2n) is 4.65. The molecule has 1 aromatic rings. The zero-order valence-corrected chi connectivity index (χ0v) is 12.0. The summed E-state index contributed by atoms with van der Waals surface area (Å²) in [5.41, 5.74) is 1.38. The van der Waals surface area contributed by atoms with E-state index in [1.54, 1.807) is 0 Å². The second kappa shape index (κ2) is 7.08. The minimum Gasteiger partial charge on any atom is -0.310 e. The van der Waals surface area contributed by atoms with Gasteiger partial charge in [0.15, 0.2) is 0 Å². The molecule has 0 aliphatic heterocycles. The van der Waals surface area contributed by atoms with Gasteiger partial charge in [-0.1, -0.05) is 48.8 Å². The van der Waals surface area contributed by atoms with E-state index < -0.39 is 0 Å². The normalized spacial score (nSPS) is 13.1. The van der Waals surface area contributed by atoms with E-state index >= 15 is 0 Å². The fourth-order valence-electron chi connectivity index (χ4n) is 1.77. The molecule has 0 aliphatic carbocycles. The fraction of sp³-hybridized carbons (Fsp3) is 0.571. The molecule has 0 amide bonds. The quantitative estimate of drug-likeness (QED) is 0.809. The van der Waals surface area contributed by atoms with Crippen molar-refractivity contribution in [3.05, 3.63) is 34.3 Å². The summed E-state index contributed by atoms with van der Waals surface area (Å²) in [6, 6.07) is 9.06. The van der Waals surface area contributed by atoms with Crippen molar-refractivity contribution in [1.29, 1.82) is 0 Å². The van der Waals surface area contributed by atoms with Gasteiger partial charge in [0, 0.05) is 10.5 Å². The third-order valence-electron chi connectivity index (χ3n) is 2.77. The first-order valence-corrected chi connectivity index (χ1v) is 6.91. The lowest BCUT2D eigenvalue weighted by Crippen LogP contribution is -2.22. The molecule has 90 valence electrons. The highest BCUT2D eigenvalue weighted by Gasteiger charge is 2.08. The Morgan fingerprint density at radius 2 is 2.06 bits per heavy atom. The lowest BCUT2D eigenvalue weighted by Gasteiger charge is -2.18. The highest BCUT2D eigenvalue weighted by molar-refractivity contribution is 9.10. The van der Waals surface area contributed by atoms with Gasteiger partial charge in [0.05, 0.1) is 0 Å². The lowest BCUT2D eigenvalue weighted by atomic mass is 10.0. The first-order valence-electron chi connectivity index (χ1n) is 6.12.